The molecule has 0 bridgehead atoms. The summed E-state index contributed by atoms with van der Waals surface area (Å²) in [7, 11) is 0. The maximum absolute atomic E-state index is 6.62. The molecule has 1 aliphatic carbocycles. The van der Waals surface area contributed by atoms with Crippen LogP contribution in [-0.2, 0) is 5.41 Å². The van der Waals surface area contributed by atoms with Crippen LogP contribution < -0.4 is 4.74 Å². The Bertz CT molecular complexity index is 1840. The van der Waals surface area contributed by atoms with E-state index in [0.29, 0.717) is 0 Å². The molecule has 1 aliphatic heterocycles. The predicted octanol–water partition coefficient (Wildman–Crippen LogP) is 9.02. The zero-order valence-electron chi connectivity index (χ0n) is 19.8. The van der Waals surface area contributed by atoms with Gasteiger partial charge in [-0.2, -0.15) is 0 Å². The Morgan fingerprint density at radius 2 is 1.27 bits per heavy atom. The van der Waals surface area contributed by atoms with Crippen molar-refractivity contribution in [1.82, 2.24) is 4.98 Å². The van der Waals surface area contributed by atoms with Crippen LogP contribution >= 0.6 is 11.6 Å². The molecule has 5 aromatic carbocycles. The average Bonchev–Trinajstić information content (AvgIpc) is 3.22. The second-order valence-electron chi connectivity index (χ2n) is 9.67. The average molecular weight is 494 g/mol. The third kappa shape index (κ3) is 2.74. The molecule has 2 heterocycles. The lowest BCUT2D eigenvalue weighted by Crippen LogP contribution is -2.32. The number of aromatic nitrogens is 1. The van der Waals surface area contributed by atoms with Gasteiger partial charge in [0.2, 0.25) is 0 Å². The summed E-state index contributed by atoms with van der Waals surface area (Å²) in [5.74, 6) is 1.78. The van der Waals surface area contributed by atoms with Gasteiger partial charge in [0.05, 0.1) is 10.9 Å². The Kier molecular flexibility index (Phi) is 4.24. The van der Waals surface area contributed by atoms with Crippen molar-refractivity contribution >= 4 is 22.5 Å². The van der Waals surface area contributed by atoms with E-state index in [1.54, 1.807) is 0 Å². The van der Waals surface area contributed by atoms with Crippen molar-refractivity contribution in [3.05, 3.63) is 149 Å². The number of para-hydroxylation sites is 2. The van der Waals surface area contributed by atoms with Crippen molar-refractivity contribution in [2.24, 2.45) is 0 Å². The van der Waals surface area contributed by atoms with Gasteiger partial charge in [-0.1, -0.05) is 84.4 Å². The quantitative estimate of drug-likeness (QED) is 0.227. The van der Waals surface area contributed by atoms with E-state index in [4.69, 9.17) is 16.3 Å². The molecule has 174 valence electrons. The second-order valence-corrected chi connectivity index (χ2v) is 10.1. The highest BCUT2D eigenvalue weighted by atomic mass is 35.5. The molecule has 37 heavy (non-hydrogen) atoms. The van der Waals surface area contributed by atoms with Gasteiger partial charge in [0.1, 0.15) is 11.5 Å². The van der Waals surface area contributed by atoms with E-state index in [1.165, 1.54) is 22.3 Å². The summed E-state index contributed by atoms with van der Waals surface area (Å²) in [5, 5.41) is 1.88. The molecule has 3 heteroatoms. The second kappa shape index (κ2) is 7.55. The van der Waals surface area contributed by atoms with E-state index in [-0.39, 0.29) is 0 Å². The molecule has 0 saturated carbocycles. The van der Waals surface area contributed by atoms with Crippen LogP contribution in [0.2, 0.25) is 5.02 Å². The first-order valence-electron chi connectivity index (χ1n) is 12.4. The van der Waals surface area contributed by atoms with Crippen molar-refractivity contribution in [2.45, 2.75) is 5.41 Å². The third-order valence-electron chi connectivity index (χ3n) is 7.86. The van der Waals surface area contributed by atoms with Gasteiger partial charge in [-0.05, 0) is 75.8 Å². The first-order chi connectivity index (χ1) is 18.2. The van der Waals surface area contributed by atoms with Gasteiger partial charge in [0.15, 0.2) is 0 Å². The molecule has 1 aromatic heterocycles. The number of fused-ring (bicyclic) bond motifs is 10. The number of pyridine rings is 1. The van der Waals surface area contributed by atoms with E-state index in [1.807, 2.05) is 30.5 Å². The van der Waals surface area contributed by atoms with Crippen molar-refractivity contribution in [3.63, 3.8) is 0 Å². The molecule has 0 radical (unpaired) electrons. The van der Waals surface area contributed by atoms with Gasteiger partial charge in [0, 0.05) is 27.7 Å². The van der Waals surface area contributed by atoms with Gasteiger partial charge in [0.25, 0.3) is 0 Å². The minimum Gasteiger partial charge on any atom is -0.457 e. The molecule has 2 aliphatic rings. The van der Waals surface area contributed by atoms with Crippen LogP contribution in [0.1, 0.15) is 22.3 Å². The summed E-state index contributed by atoms with van der Waals surface area (Å²) >= 11 is 6.62. The highest BCUT2D eigenvalue weighted by molar-refractivity contribution is 6.31. The van der Waals surface area contributed by atoms with Crippen LogP contribution in [0, 0.1) is 0 Å². The SMILES string of the molecule is Clc1ccc2c(c1)-c1cc(-c3cccc4ncccc34)ccc1C21c2ccccc2Oc2ccccc21. The fourth-order valence-electron chi connectivity index (χ4n) is 6.40. The molecule has 0 atom stereocenters. The normalized spacial score (nSPS) is 14.0. The first-order valence-corrected chi connectivity index (χ1v) is 12.8. The molecular formula is C34H20ClNO. The Morgan fingerprint density at radius 3 is 2.05 bits per heavy atom. The van der Waals surface area contributed by atoms with Crippen molar-refractivity contribution in [1.29, 1.82) is 0 Å². The predicted molar refractivity (Wildman–Crippen MR) is 150 cm³/mol. The van der Waals surface area contributed by atoms with Crippen LogP contribution in [0.5, 0.6) is 11.5 Å². The number of hydrogen-bond acceptors (Lipinski definition) is 2. The maximum atomic E-state index is 6.62. The molecule has 8 rings (SSSR count). The molecule has 0 fully saturated rings. The Balaban J connectivity index is 1.49. The van der Waals surface area contributed by atoms with Gasteiger partial charge in [-0.25, -0.2) is 0 Å². The largest absolute Gasteiger partial charge is 0.457 e. The Morgan fingerprint density at radius 1 is 0.568 bits per heavy atom. The fraction of sp³-hybridized carbons (Fsp3) is 0.0294. The zero-order chi connectivity index (χ0) is 24.6. The zero-order valence-corrected chi connectivity index (χ0v) is 20.5. The Hall–Kier alpha value is -4.40. The van der Waals surface area contributed by atoms with Crippen LogP contribution in [-0.4, -0.2) is 4.98 Å². The van der Waals surface area contributed by atoms with Gasteiger partial charge in [-0.3, -0.25) is 4.98 Å². The number of hydrogen-bond donors (Lipinski definition) is 0. The van der Waals surface area contributed by atoms with Crippen LogP contribution in [0.25, 0.3) is 33.2 Å². The minimum absolute atomic E-state index is 0.487. The van der Waals surface area contributed by atoms with Crippen molar-refractivity contribution in [3.8, 4) is 33.8 Å². The van der Waals surface area contributed by atoms with E-state index in [0.717, 1.165) is 49.7 Å². The summed E-state index contributed by atoms with van der Waals surface area (Å²) in [4.78, 5) is 4.57. The summed E-state index contributed by atoms with van der Waals surface area (Å²) in [6.07, 6.45) is 1.84. The number of nitrogens with zero attached hydrogens (tertiary/aromatic N) is 1. The van der Waals surface area contributed by atoms with Gasteiger partial charge >= 0.3 is 0 Å². The van der Waals surface area contributed by atoms with Crippen LogP contribution in [0.4, 0.5) is 0 Å². The van der Waals surface area contributed by atoms with Gasteiger partial charge in [-0.15, -0.1) is 0 Å². The number of benzene rings is 5. The standard InChI is InChI=1S/C34H20ClNO/c35-22-15-17-28-26(20-22)25-19-21(23-7-5-11-31-24(23)8-6-18-36-31)14-16-27(25)34(28)29-9-1-3-12-32(29)37-33-13-4-2-10-30(33)34/h1-20H. The van der Waals surface area contributed by atoms with Crippen molar-refractivity contribution < 1.29 is 4.74 Å². The molecule has 2 nitrogen and oxygen atoms in total. The molecule has 1 spiro atoms. The Labute approximate surface area is 219 Å². The summed E-state index contributed by atoms with van der Waals surface area (Å²) in [6, 6.07) is 40.4. The van der Waals surface area contributed by atoms with Crippen LogP contribution in [0.3, 0.4) is 0 Å². The lowest BCUT2D eigenvalue weighted by Gasteiger charge is -2.39. The third-order valence-corrected chi connectivity index (χ3v) is 8.09. The molecule has 0 saturated heterocycles. The van der Waals surface area contributed by atoms with Gasteiger partial charge < -0.3 is 4.74 Å². The summed E-state index contributed by atoms with van der Waals surface area (Å²) in [6.45, 7) is 0. The molecule has 6 aromatic rings. The van der Waals surface area contributed by atoms with E-state index >= 15 is 0 Å². The molecule has 0 N–H and O–H groups in total. The first kappa shape index (κ1) is 20.8. The van der Waals surface area contributed by atoms with E-state index in [2.05, 4.69) is 96.0 Å². The monoisotopic (exact) mass is 493 g/mol. The minimum atomic E-state index is -0.487. The smallest absolute Gasteiger partial charge is 0.132 e. The summed E-state index contributed by atoms with van der Waals surface area (Å²) in [5.41, 5.74) is 9.97. The van der Waals surface area contributed by atoms with Crippen LogP contribution in [0.15, 0.2) is 121 Å². The highest BCUT2D eigenvalue weighted by Crippen LogP contribution is 2.62. The lowest BCUT2D eigenvalue weighted by molar-refractivity contribution is 0.436. The fourth-order valence-corrected chi connectivity index (χ4v) is 6.57. The number of rotatable bonds is 1. The highest BCUT2D eigenvalue weighted by Gasteiger charge is 2.51. The molecule has 0 unspecified atom stereocenters. The molecular weight excluding hydrogens is 474 g/mol. The molecule has 0 amide bonds. The van der Waals surface area contributed by atoms with Crippen molar-refractivity contribution in [2.75, 3.05) is 0 Å². The van der Waals surface area contributed by atoms with E-state index in [9.17, 15) is 0 Å². The maximum Gasteiger partial charge on any atom is 0.132 e. The summed E-state index contributed by atoms with van der Waals surface area (Å²) < 4.78 is 6.43. The number of halogens is 1. The number of ether oxygens (including phenoxy) is 1. The topological polar surface area (TPSA) is 22.1 Å². The lowest BCUT2D eigenvalue weighted by atomic mass is 9.66. The van der Waals surface area contributed by atoms with E-state index < -0.39 is 5.41 Å².